The van der Waals surface area contributed by atoms with Gasteiger partial charge in [-0.15, -0.1) is 0 Å². The molecule has 752 valence electrons. The molecule has 37 nitrogen and oxygen atoms in total. The Labute approximate surface area is 860 Å². The van der Waals surface area contributed by atoms with Gasteiger partial charge in [0, 0.05) is 85.6 Å². The summed E-state index contributed by atoms with van der Waals surface area (Å²) in [5.41, 5.74) is 20.0. The molecule has 6 N–H and O–H groups in total. The normalized spacial score (nSPS) is 11.2. The Bertz CT molecular complexity index is 8000. The van der Waals surface area contributed by atoms with E-state index in [4.69, 9.17) is 19.9 Å². The summed E-state index contributed by atoms with van der Waals surface area (Å²) in [5.74, 6) is 9.50. The molecular weight excluding hydrogens is 1880 g/mol. The zero-order valence-electron chi connectivity index (χ0n) is 84.5. The van der Waals surface area contributed by atoms with Gasteiger partial charge in [-0.3, -0.25) is 86.1 Å². The van der Waals surface area contributed by atoms with Gasteiger partial charge < -0.3 is 36.8 Å². The minimum Gasteiger partial charge on any atom is -0.361 e. The van der Waals surface area contributed by atoms with Crippen LogP contribution in [0.4, 0.5) is 39.9 Å². The second kappa shape index (κ2) is 50.1. The molecule has 2 atom stereocenters. The maximum absolute atomic E-state index is 11.7. The molecule has 0 saturated heterocycles. The highest BCUT2D eigenvalue weighted by Crippen LogP contribution is 2.31. The fourth-order valence-corrected chi connectivity index (χ4v) is 15.2. The molecule has 0 aliphatic heterocycles. The number of aromatic nitrogens is 24. The lowest BCUT2D eigenvalue weighted by Crippen LogP contribution is -2.12. The third kappa shape index (κ3) is 28.4. The molecule has 12 heterocycles. The molecule has 0 spiro atoms. The van der Waals surface area contributed by atoms with Gasteiger partial charge in [-0.25, -0.2) is 59.8 Å². The number of nitrogens with one attached hydrogen (secondary N) is 6. The number of hydrogen-bond acceptors (Lipinski definition) is 25. The van der Waals surface area contributed by atoms with E-state index in [0.717, 1.165) is 157 Å². The van der Waals surface area contributed by atoms with E-state index in [1.165, 1.54) is 35.9 Å². The molecule has 0 bridgehead atoms. The second-order valence-corrected chi connectivity index (χ2v) is 35.8. The van der Waals surface area contributed by atoms with Crippen LogP contribution in [0, 0.1) is 29.1 Å². The monoisotopic (exact) mass is 1990 g/mol. The molecule has 0 unspecified atom stereocenters. The Morgan fingerprint density at radius 1 is 0.356 bits per heavy atom. The van der Waals surface area contributed by atoms with E-state index in [9.17, 15) is 28.8 Å². The molecule has 7 aromatic carbocycles. The van der Waals surface area contributed by atoms with Crippen LogP contribution in [-0.4, -0.2) is 167 Å². The van der Waals surface area contributed by atoms with E-state index in [0.29, 0.717) is 75.7 Å². The van der Waals surface area contributed by atoms with Crippen molar-refractivity contribution >= 4 is 142 Å². The average Bonchev–Trinajstić information content (AvgIpc) is 1.68. The minimum absolute atomic E-state index is 0.127. The maximum Gasteiger partial charge on any atom is 0.300 e. The van der Waals surface area contributed by atoms with Crippen molar-refractivity contribution in [3.8, 4) is 46.7 Å². The van der Waals surface area contributed by atoms with Gasteiger partial charge in [0.05, 0.1) is 138 Å². The van der Waals surface area contributed by atoms with Gasteiger partial charge in [0.1, 0.15) is 43.8 Å². The molecule has 19 aromatic rings. The number of carbonyl (C=O) groups excluding carboxylic acids is 6. The van der Waals surface area contributed by atoms with Crippen LogP contribution in [0.25, 0.3) is 101 Å². The Morgan fingerprint density at radius 3 is 0.926 bits per heavy atom. The molecule has 149 heavy (non-hydrogen) atoms. The number of imidazole rings is 6. The highest BCUT2D eigenvalue weighted by atomic mass is 16.2. The van der Waals surface area contributed by atoms with Crippen molar-refractivity contribution in [3.05, 3.63) is 349 Å². The van der Waals surface area contributed by atoms with Crippen LogP contribution in [0.5, 0.6) is 0 Å². The van der Waals surface area contributed by atoms with Crippen LogP contribution in [0.15, 0.2) is 315 Å². The molecule has 0 aliphatic carbocycles. The Morgan fingerprint density at radius 2 is 0.631 bits per heavy atom. The summed E-state index contributed by atoms with van der Waals surface area (Å²) in [5, 5.41) is 16.5. The first-order valence-corrected chi connectivity index (χ1v) is 47.9. The van der Waals surface area contributed by atoms with Gasteiger partial charge in [0.15, 0.2) is 34.9 Å². The summed E-state index contributed by atoms with van der Waals surface area (Å²) in [6.07, 6.45) is 44.8. The van der Waals surface area contributed by atoms with E-state index >= 15 is 0 Å². The number of nitrogens with zero attached hydrogens (tertiary/aromatic N) is 25. The molecular formula is C112H113N31O6. The molecule has 0 radical (unpaired) electrons. The number of aryl methyl sites for hydroxylation is 1. The standard InChI is InChI=1S/C21H17N5O.C20H21N5O.2C19H21N5O.C17H17N5O.C16H16N6O/c1-2-21(27)25-16-8-9-18-19(11-16)26(14-23-18)20-13-22-12-17(24-20)10-15-6-4-3-5-7-15;1-5-6-19(26)24-14-7-8-16-17(9-14)25(13-22-16)18-12-21-11-15(23-18)10-20(2,3)4;2*1-4-13(3)8-15-10-20-11-18(22-15)24-12-21-16-7-6-14(9-17(16)24)23-19(25)5-2;1-3-5-13-9-18-10-16(20-13)22-11-19-14-7-6-12(8-15(14)22)21-17(23)4-2;1-4-16(23)19-11-5-6-12-13(7-11)22(10-18-12)15-9-17-8-14(20-15)21(2)3/h2-9,11-14H,1,10H2,(H,25,27);7-9,11-13H,10H2,1-4H3,(H,24,26);2*5-7,9-13H,2,4,8H2,1,3H3,(H,23,25);4,6-11H,2-3,5H2,1H3,(H,21,23);4-10H,1H2,2-3H3,(H,19,23)/t;;2*13-;;/m..10../s1. The Balaban J connectivity index is 0.000000141. The van der Waals surface area contributed by atoms with Crippen molar-refractivity contribution in [1.29, 1.82) is 0 Å². The fourth-order valence-electron chi connectivity index (χ4n) is 15.2. The first-order valence-electron chi connectivity index (χ1n) is 47.9. The van der Waals surface area contributed by atoms with Crippen molar-refractivity contribution < 1.29 is 28.8 Å². The molecule has 19 rings (SSSR count). The smallest absolute Gasteiger partial charge is 0.300 e. The number of fused-ring (bicyclic) bond motifs is 6. The van der Waals surface area contributed by atoms with Crippen LogP contribution < -0.4 is 36.8 Å². The van der Waals surface area contributed by atoms with Gasteiger partial charge in [-0.1, -0.05) is 144 Å². The van der Waals surface area contributed by atoms with Crippen molar-refractivity contribution in [2.24, 2.45) is 17.3 Å². The lowest BCUT2D eigenvalue weighted by Gasteiger charge is -2.17. The van der Waals surface area contributed by atoms with Crippen LogP contribution in [0.1, 0.15) is 116 Å². The van der Waals surface area contributed by atoms with Crippen molar-refractivity contribution in [3.63, 3.8) is 0 Å². The predicted molar refractivity (Wildman–Crippen MR) is 583 cm³/mol. The number of carbonyl (C=O) groups is 6. The zero-order chi connectivity index (χ0) is 106. The summed E-state index contributed by atoms with van der Waals surface area (Å²) in [6.45, 7) is 36.3. The van der Waals surface area contributed by atoms with E-state index in [2.05, 4.69) is 214 Å². The summed E-state index contributed by atoms with van der Waals surface area (Å²) in [4.78, 5) is 151. The van der Waals surface area contributed by atoms with Gasteiger partial charge in [-0.2, -0.15) is 0 Å². The lowest BCUT2D eigenvalue weighted by atomic mass is 9.91. The summed E-state index contributed by atoms with van der Waals surface area (Å²) < 4.78 is 11.2. The van der Waals surface area contributed by atoms with Crippen molar-refractivity contribution in [2.75, 3.05) is 50.9 Å². The minimum atomic E-state index is -0.343. The molecule has 0 aliphatic rings. The number of hydrogen-bond donors (Lipinski definition) is 6. The summed E-state index contributed by atoms with van der Waals surface area (Å²) >= 11 is 0. The molecule has 0 fully saturated rings. The molecule has 37 heteroatoms. The number of amides is 6. The van der Waals surface area contributed by atoms with Crippen LogP contribution in [-0.2, 0) is 60.9 Å². The topological polar surface area (TPSA) is 439 Å². The van der Waals surface area contributed by atoms with Crippen molar-refractivity contribution in [2.45, 2.75) is 114 Å². The van der Waals surface area contributed by atoms with E-state index in [1.807, 2.05) is 162 Å². The molecule has 6 amide bonds. The third-order valence-electron chi connectivity index (χ3n) is 22.9. The predicted octanol–water partition coefficient (Wildman–Crippen LogP) is 18.9. The van der Waals surface area contributed by atoms with E-state index in [1.54, 1.807) is 131 Å². The largest absolute Gasteiger partial charge is 0.361 e. The van der Waals surface area contributed by atoms with Gasteiger partial charge in [0.25, 0.3) is 5.91 Å². The average molecular weight is 1990 g/mol. The molecule has 0 saturated carbocycles. The first kappa shape index (κ1) is 106. The highest BCUT2D eigenvalue weighted by Gasteiger charge is 2.21. The van der Waals surface area contributed by atoms with Gasteiger partial charge in [0.2, 0.25) is 29.5 Å². The maximum atomic E-state index is 11.7. The van der Waals surface area contributed by atoms with Crippen LogP contribution >= 0.6 is 0 Å². The molecule has 12 aromatic heterocycles. The number of benzene rings is 7. The van der Waals surface area contributed by atoms with E-state index < -0.39 is 0 Å². The summed E-state index contributed by atoms with van der Waals surface area (Å²) in [6, 6.07) is 43.2. The van der Waals surface area contributed by atoms with Crippen molar-refractivity contribution in [1.82, 2.24) is 117 Å². The third-order valence-corrected chi connectivity index (χ3v) is 22.9. The van der Waals surface area contributed by atoms with Crippen LogP contribution in [0.2, 0.25) is 0 Å². The van der Waals surface area contributed by atoms with Gasteiger partial charge >= 0.3 is 0 Å². The number of rotatable bonds is 29. The first-order chi connectivity index (χ1) is 72.1. The second-order valence-electron chi connectivity index (χ2n) is 35.8. The zero-order valence-corrected chi connectivity index (χ0v) is 84.5. The lowest BCUT2D eigenvalue weighted by molar-refractivity contribution is -0.112. The number of anilines is 7. The highest BCUT2D eigenvalue weighted by molar-refractivity contribution is 6.06. The Kier molecular flexibility index (Phi) is 35.5. The SMILES string of the molecule is C=CC(=O)Nc1ccc2ncn(-c3cncc(CCC)n3)c2c1.C=CC(=O)Nc1ccc2ncn(-c3cncc(C[C@@H](C)CC)n3)c2c1.C=CC(=O)Nc1ccc2ncn(-c3cncc(C[C@H](C)CC)n3)c2c1.C=CC(=O)Nc1ccc2ncn(-c3cncc(Cc4ccccc4)n3)c2c1.C=CC(=O)Nc1ccc2ncn(-c3cncc(N(C)C)n3)c2c1.CC#CC(=O)Nc1ccc2ncn(-c3cncc(CC(C)(C)C)n3)c2c1. The van der Waals surface area contributed by atoms with E-state index in [-0.39, 0.29) is 40.9 Å². The Hall–Kier alpha value is -19.3. The van der Waals surface area contributed by atoms with Crippen LogP contribution in [0.3, 0.4) is 0 Å². The fraction of sp³-hybridized carbons (Fsp3) is 0.196. The summed E-state index contributed by atoms with van der Waals surface area (Å²) in [7, 11) is 3.81. The van der Waals surface area contributed by atoms with Gasteiger partial charge in [-0.05, 0) is 201 Å². The quantitative estimate of drug-likeness (QED) is 0.0187.